The van der Waals surface area contributed by atoms with Crippen LogP contribution in [0.5, 0.6) is 0 Å². The normalized spacial score (nSPS) is 21.5. The molecule has 0 spiro atoms. The van der Waals surface area contributed by atoms with Gasteiger partial charge in [0.2, 0.25) is 11.8 Å². The van der Waals surface area contributed by atoms with Gasteiger partial charge in [-0.2, -0.15) is 4.31 Å². The molecule has 1 aromatic rings. The van der Waals surface area contributed by atoms with Gasteiger partial charge in [-0.25, -0.2) is 13.4 Å². The summed E-state index contributed by atoms with van der Waals surface area (Å²) in [5.74, 6) is -1.51. The van der Waals surface area contributed by atoms with E-state index in [1.165, 1.54) is 24.9 Å². The number of imide groups is 1. The number of piperazine rings is 1. The predicted octanol–water partition coefficient (Wildman–Crippen LogP) is -1.96. The molecular weight excluding hydrogens is 274 g/mol. The molecule has 1 aromatic heterocycles. The van der Waals surface area contributed by atoms with Crippen molar-refractivity contribution in [1.82, 2.24) is 19.2 Å². The number of nitrogens with zero attached hydrogens (tertiary/aromatic N) is 3. The summed E-state index contributed by atoms with van der Waals surface area (Å²) >= 11 is 0. The topological polar surface area (TPSA) is 127 Å². The van der Waals surface area contributed by atoms with Crippen LogP contribution in [-0.2, 0) is 26.7 Å². The first-order valence-electron chi connectivity index (χ1n) is 5.37. The molecule has 0 saturated carbocycles. The van der Waals surface area contributed by atoms with Gasteiger partial charge in [0.1, 0.15) is 6.04 Å². The van der Waals surface area contributed by atoms with Crippen molar-refractivity contribution in [2.45, 2.75) is 18.0 Å². The molecule has 2 heterocycles. The van der Waals surface area contributed by atoms with E-state index >= 15 is 0 Å². The van der Waals surface area contributed by atoms with E-state index in [2.05, 4.69) is 10.3 Å². The minimum absolute atomic E-state index is 0.173. The number of anilines is 1. The van der Waals surface area contributed by atoms with E-state index < -0.39 is 34.4 Å². The number of aromatic nitrogens is 2. The Bertz CT molecular complexity index is 630. The number of amides is 2. The molecule has 2 rings (SSSR count). The average Bonchev–Trinajstić information content (AvgIpc) is 2.63. The van der Waals surface area contributed by atoms with Crippen LogP contribution in [0, 0.1) is 0 Å². The van der Waals surface area contributed by atoms with Crippen molar-refractivity contribution in [3.05, 3.63) is 6.33 Å². The minimum atomic E-state index is -4.07. The molecule has 3 N–H and O–H groups in total. The summed E-state index contributed by atoms with van der Waals surface area (Å²) < 4.78 is 26.9. The second-order valence-corrected chi connectivity index (χ2v) is 5.99. The predicted molar refractivity (Wildman–Crippen MR) is 64.1 cm³/mol. The summed E-state index contributed by atoms with van der Waals surface area (Å²) in [6, 6.07) is -0.989. The molecule has 1 unspecified atom stereocenters. The lowest BCUT2D eigenvalue weighted by Gasteiger charge is -2.30. The van der Waals surface area contributed by atoms with E-state index in [9.17, 15) is 18.0 Å². The number of carbonyl (C=O) groups excluding carboxylic acids is 2. The Labute approximate surface area is 109 Å². The zero-order valence-corrected chi connectivity index (χ0v) is 11.1. The fourth-order valence-electron chi connectivity index (χ4n) is 1.85. The molecule has 1 aliphatic heterocycles. The van der Waals surface area contributed by atoms with Gasteiger partial charge in [-0.05, 0) is 6.92 Å². The second-order valence-electron chi connectivity index (χ2n) is 4.18. The molecule has 9 nitrogen and oxygen atoms in total. The lowest BCUT2D eigenvalue weighted by atomic mass is 10.2. The lowest BCUT2D eigenvalue weighted by Crippen LogP contribution is -2.58. The van der Waals surface area contributed by atoms with Crippen LogP contribution in [0.3, 0.4) is 0 Å². The molecular formula is C9H13N5O4S. The number of imidazole rings is 1. The Kier molecular flexibility index (Phi) is 3.06. The van der Waals surface area contributed by atoms with Gasteiger partial charge < -0.3 is 10.3 Å². The van der Waals surface area contributed by atoms with E-state index in [0.717, 1.165) is 4.31 Å². The number of carbonyl (C=O) groups is 2. The van der Waals surface area contributed by atoms with Crippen LogP contribution in [0.2, 0.25) is 0 Å². The smallest absolute Gasteiger partial charge is 0.263 e. The molecule has 10 heteroatoms. The summed E-state index contributed by atoms with van der Waals surface area (Å²) in [6.45, 7) is 0.964. The Balaban J connectivity index is 2.50. The highest BCUT2D eigenvalue weighted by Crippen LogP contribution is 2.23. The standard InChI is InChI=1S/C9H13N5O4S/c1-5-8(16)12-6(15)3-14(5)19(17,18)9-7(10)11-4-13(9)2/h4-5H,3,10H2,1-2H3,(H,12,15,16). The Hall–Kier alpha value is -1.94. The quantitative estimate of drug-likeness (QED) is 0.608. The maximum atomic E-state index is 12.4. The van der Waals surface area contributed by atoms with E-state index in [0.29, 0.717) is 0 Å². The summed E-state index contributed by atoms with van der Waals surface area (Å²) in [7, 11) is -2.60. The minimum Gasteiger partial charge on any atom is -0.381 e. The van der Waals surface area contributed by atoms with Gasteiger partial charge in [0.15, 0.2) is 10.8 Å². The fourth-order valence-corrected chi connectivity index (χ4v) is 3.60. The van der Waals surface area contributed by atoms with Gasteiger partial charge >= 0.3 is 0 Å². The van der Waals surface area contributed by atoms with Crippen LogP contribution in [0.25, 0.3) is 0 Å². The molecule has 104 valence electrons. The monoisotopic (exact) mass is 287 g/mol. The molecule has 19 heavy (non-hydrogen) atoms. The number of hydrogen-bond donors (Lipinski definition) is 2. The molecule has 0 aliphatic carbocycles. The van der Waals surface area contributed by atoms with Crippen LogP contribution < -0.4 is 11.1 Å². The largest absolute Gasteiger partial charge is 0.381 e. The highest BCUT2D eigenvalue weighted by Gasteiger charge is 2.41. The maximum absolute atomic E-state index is 12.4. The van der Waals surface area contributed by atoms with E-state index in [1.54, 1.807) is 0 Å². The van der Waals surface area contributed by atoms with Crippen molar-refractivity contribution < 1.29 is 18.0 Å². The lowest BCUT2D eigenvalue weighted by molar-refractivity contribution is -0.136. The number of rotatable bonds is 2. The third kappa shape index (κ3) is 2.08. The number of nitrogens with two attached hydrogens (primary N) is 1. The zero-order valence-electron chi connectivity index (χ0n) is 10.3. The zero-order chi connectivity index (χ0) is 14.4. The van der Waals surface area contributed by atoms with Gasteiger partial charge in [0.25, 0.3) is 10.0 Å². The fraction of sp³-hybridized carbons (Fsp3) is 0.444. The van der Waals surface area contributed by atoms with Crippen molar-refractivity contribution in [2.75, 3.05) is 12.3 Å². The molecule has 1 fully saturated rings. The van der Waals surface area contributed by atoms with Gasteiger partial charge in [-0.3, -0.25) is 14.9 Å². The molecule has 1 atom stereocenters. The molecule has 0 bridgehead atoms. The van der Waals surface area contributed by atoms with Crippen molar-refractivity contribution >= 4 is 27.7 Å². The van der Waals surface area contributed by atoms with E-state index in [4.69, 9.17) is 5.73 Å². The Morgan fingerprint density at radius 2 is 2.11 bits per heavy atom. The first-order chi connectivity index (χ1) is 8.75. The van der Waals surface area contributed by atoms with Crippen LogP contribution >= 0.6 is 0 Å². The summed E-state index contributed by atoms with van der Waals surface area (Å²) in [5.41, 5.74) is 5.53. The highest BCUT2D eigenvalue weighted by atomic mass is 32.2. The molecule has 0 radical (unpaired) electrons. The van der Waals surface area contributed by atoms with Gasteiger partial charge in [0.05, 0.1) is 12.9 Å². The average molecular weight is 287 g/mol. The Morgan fingerprint density at radius 3 is 2.63 bits per heavy atom. The Morgan fingerprint density at radius 1 is 1.47 bits per heavy atom. The van der Waals surface area contributed by atoms with Gasteiger partial charge in [-0.15, -0.1) is 0 Å². The van der Waals surface area contributed by atoms with Crippen molar-refractivity contribution in [2.24, 2.45) is 7.05 Å². The summed E-state index contributed by atoms with van der Waals surface area (Å²) in [4.78, 5) is 26.5. The molecule has 2 amide bonds. The van der Waals surface area contributed by atoms with E-state index in [-0.39, 0.29) is 10.8 Å². The third-order valence-electron chi connectivity index (χ3n) is 2.84. The maximum Gasteiger partial charge on any atom is 0.263 e. The molecule has 0 aromatic carbocycles. The van der Waals surface area contributed by atoms with Gasteiger partial charge in [-0.1, -0.05) is 0 Å². The first kappa shape index (κ1) is 13.5. The number of sulfonamides is 1. The number of aryl methyl sites for hydroxylation is 1. The van der Waals surface area contributed by atoms with Crippen molar-refractivity contribution in [1.29, 1.82) is 0 Å². The van der Waals surface area contributed by atoms with Crippen LogP contribution in [0.4, 0.5) is 5.82 Å². The summed E-state index contributed by atoms with van der Waals surface area (Å²) in [5, 5.41) is 1.83. The number of hydrogen-bond acceptors (Lipinski definition) is 6. The molecule has 1 saturated heterocycles. The first-order valence-corrected chi connectivity index (χ1v) is 6.81. The summed E-state index contributed by atoms with van der Waals surface area (Å²) in [6.07, 6.45) is 1.25. The van der Waals surface area contributed by atoms with E-state index in [1.807, 2.05) is 0 Å². The van der Waals surface area contributed by atoms with Crippen molar-refractivity contribution in [3.63, 3.8) is 0 Å². The number of nitrogens with one attached hydrogen (secondary N) is 1. The highest BCUT2D eigenvalue weighted by molar-refractivity contribution is 7.89. The second kappa shape index (κ2) is 4.31. The third-order valence-corrected chi connectivity index (χ3v) is 4.88. The van der Waals surface area contributed by atoms with Crippen LogP contribution in [0.15, 0.2) is 11.4 Å². The number of nitrogen functional groups attached to an aromatic ring is 1. The SMILES string of the molecule is CC1C(=O)NC(=O)CN1S(=O)(=O)c1c(N)ncn1C. The van der Waals surface area contributed by atoms with Crippen molar-refractivity contribution in [3.8, 4) is 0 Å². The van der Waals surface area contributed by atoms with Crippen LogP contribution in [0.1, 0.15) is 6.92 Å². The van der Waals surface area contributed by atoms with Gasteiger partial charge in [0, 0.05) is 7.05 Å². The van der Waals surface area contributed by atoms with Crippen LogP contribution in [-0.4, -0.2) is 46.7 Å². The molecule has 1 aliphatic rings.